The highest BCUT2D eigenvalue weighted by Crippen LogP contribution is 2.15. The highest BCUT2D eigenvalue weighted by Gasteiger charge is 2.20. The second-order valence-electron chi connectivity index (χ2n) is 6.56. The summed E-state index contributed by atoms with van der Waals surface area (Å²) in [5.41, 5.74) is 3.67. The van der Waals surface area contributed by atoms with Crippen molar-refractivity contribution >= 4 is 5.91 Å². The predicted octanol–water partition coefficient (Wildman–Crippen LogP) is 3.21. The maximum absolute atomic E-state index is 12.7. The van der Waals surface area contributed by atoms with Crippen LogP contribution in [0.4, 0.5) is 0 Å². The van der Waals surface area contributed by atoms with Crippen molar-refractivity contribution in [1.82, 2.24) is 9.80 Å². The molecule has 0 atom stereocenters. The second kappa shape index (κ2) is 7.96. The van der Waals surface area contributed by atoms with Crippen LogP contribution in [0.2, 0.25) is 0 Å². The molecule has 4 heteroatoms. The van der Waals surface area contributed by atoms with Crippen LogP contribution in [-0.4, -0.2) is 41.9 Å². The van der Waals surface area contributed by atoms with E-state index in [0.29, 0.717) is 0 Å². The van der Waals surface area contributed by atoms with Crippen LogP contribution in [0.1, 0.15) is 33.5 Å². The summed E-state index contributed by atoms with van der Waals surface area (Å²) in [5, 5.41) is 9.25. The molecule has 1 fully saturated rings. The van der Waals surface area contributed by atoms with Crippen molar-refractivity contribution in [3.05, 3.63) is 70.8 Å². The molecule has 0 unspecified atom stereocenters. The maximum Gasteiger partial charge on any atom is 0.253 e. The van der Waals surface area contributed by atoms with Gasteiger partial charge in [-0.15, -0.1) is 0 Å². The second-order valence-corrected chi connectivity index (χ2v) is 6.56. The number of nitrogens with zero attached hydrogens (tertiary/aromatic N) is 3. The number of hydrogen-bond acceptors (Lipinski definition) is 3. The Balaban J connectivity index is 1.64. The lowest BCUT2D eigenvalue weighted by atomic mass is 10.1. The highest BCUT2D eigenvalue weighted by atomic mass is 16.2. The lowest BCUT2D eigenvalue weighted by Crippen LogP contribution is -2.35. The van der Waals surface area contributed by atoms with Gasteiger partial charge in [0.15, 0.2) is 0 Å². The minimum absolute atomic E-state index is 0.114. The average molecular weight is 333 g/mol. The standard InChI is InChI=1S/C21H23N3O/c1-17-6-4-9-18(14-17)21(25)24-11-5-10-23(12-13-24)16-20-8-3-2-7-19(20)15-22/h2-4,6-9,14H,5,10-13,16H2,1H3. The molecule has 0 aromatic heterocycles. The summed E-state index contributed by atoms with van der Waals surface area (Å²) in [6, 6.07) is 17.8. The van der Waals surface area contributed by atoms with E-state index in [2.05, 4.69) is 11.0 Å². The van der Waals surface area contributed by atoms with Crippen molar-refractivity contribution < 1.29 is 4.79 Å². The third-order valence-electron chi connectivity index (χ3n) is 4.67. The van der Waals surface area contributed by atoms with Gasteiger partial charge in [0.25, 0.3) is 5.91 Å². The molecule has 1 saturated heterocycles. The van der Waals surface area contributed by atoms with Gasteiger partial charge in [-0.25, -0.2) is 0 Å². The van der Waals surface area contributed by atoms with Gasteiger partial charge in [-0.3, -0.25) is 9.69 Å². The minimum atomic E-state index is 0.114. The first-order valence-electron chi connectivity index (χ1n) is 8.73. The molecule has 1 amide bonds. The van der Waals surface area contributed by atoms with Crippen LogP contribution >= 0.6 is 0 Å². The molecule has 0 N–H and O–H groups in total. The summed E-state index contributed by atoms with van der Waals surface area (Å²) in [7, 11) is 0. The van der Waals surface area contributed by atoms with E-state index >= 15 is 0 Å². The number of aryl methyl sites for hydroxylation is 1. The molecule has 2 aromatic carbocycles. The highest BCUT2D eigenvalue weighted by molar-refractivity contribution is 5.94. The van der Waals surface area contributed by atoms with Gasteiger partial charge in [0.1, 0.15) is 0 Å². The van der Waals surface area contributed by atoms with Crippen LogP contribution in [0.3, 0.4) is 0 Å². The summed E-state index contributed by atoms with van der Waals surface area (Å²) < 4.78 is 0. The van der Waals surface area contributed by atoms with Crippen molar-refractivity contribution in [2.24, 2.45) is 0 Å². The van der Waals surface area contributed by atoms with Gasteiger partial charge in [-0.1, -0.05) is 35.9 Å². The van der Waals surface area contributed by atoms with Gasteiger partial charge in [0.05, 0.1) is 11.6 Å². The van der Waals surface area contributed by atoms with E-state index in [4.69, 9.17) is 0 Å². The Bertz CT molecular complexity index is 794. The summed E-state index contributed by atoms with van der Waals surface area (Å²) in [5.74, 6) is 0.114. The molecule has 25 heavy (non-hydrogen) atoms. The fourth-order valence-corrected chi connectivity index (χ4v) is 3.30. The van der Waals surface area contributed by atoms with E-state index in [1.54, 1.807) is 0 Å². The smallest absolute Gasteiger partial charge is 0.253 e. The zero-order valence-corrected chi connectivity index (χ0v) is 14.6. The van der Waals surface area contributed by atoms with Gasteiger partial charge < -0.3 is 4.90 Å². The SMILES string of the molecule is Cc1cccc(C(=O)N2CCCN(Cc3ccccc3C#N)CC2)c1. The van der Waals surface area contributed by atoms with E-state index in [1.165, 1.54) is 0 Å². The summed E-state index contributed by atoms with van der Waals surface area (Å²) in [6.45, 7) is 6.04. The quantitative estimate of drug-likeness (QED) is 0.866. The van der Waals surface area contributed by atoms with Crippen molar-refractivity contribution in [2.75, 3.05) is 26.2 Å². The molecule has 0 saturated carbocycles. The van der Waals surface area contributed by atoms with E-state index in [0.717, 1.165) is 61.4 Å². The van der Waals surface area contributed by atoms with Gasteiger partial charge >= 0.3 is 0 Å². The third kappa shape index (κ3) is 4.26. The first kappa shape index (κ1) is 17.2. The van der Waals surface area contributed by atoms with Crippen molar-refractivity contribution in [1.29, 1.82) is 5.26 Å². The number of carbonyl (C=O) groups is 1. The number of carbonyl (C=O) groups excluding carboxylic acids is 1. The van der Waals surface area contributed by atoms with Crippen LogP contribution in [0.5, 0.6) is 0 Å². The molecule has 3 rings (SSSR count). The van der Waals surface area contributed by atoms with E-state index < -0.39 is 0 Å². The first-order valence-corrected chi connectivity index (χ1v) is 8.73. The lowest BCUT2D eigenvalue weighted by Gasteiger charge is -2.22. The molecule has 0 aliphatic carbocycles. The van der Waals surface area contributed by atoms with Gasteiger partial charge in [-0.2, -0.15) is 5.26 Å². The van der Waals surface area contributed by atoms with Crippen LogP contribution in [0.15, 0.2) is 48.5 Å². The van der Waals surface area contributed by atoms with E-state index in [-0.39, 0.29) is 5.91 Å². The first-order chi connectivity index (χ1) is 12.2. The Kier molecular flexibility index (Phi) is 5.47. The Morgan fingerprint density at radius 1 is 1.08 bits per heavy atom. The Morgan fingerprint density at radius 3 is 2.72 bits per heavy atom. The summed E-state index contributed by atoms with van der Waals surface area (Å²) in [4.78, 5) is 17.0. The topological polar surface area (TPSA) is 47.3 Å². The third-order valence-corrected chi connectivity index (χ3v) is 4.67. The zero-order valence-electron chi connectivity index (χ0n) is 14.6. The fourth-order valence-electron chi connectivity index (χ4n) is 3.30. The maximum atomic E-state index is 12.7. The number of nitriles is 1. The molecule has 0 radical (unpaired) electrons. The molecule has 0 bridgehead atoms. The summed E-state index contributed by atoms with van der Waals surface area (Å²) in [6.07, 6.45) is 0.951. The van der Waals surface area contributed by atoms with Crippen LogP contribution in [0.25, 0.3) is 0 Å². The lowest BCUT2D eigenvalue weighted by molar-refractivity contribution is 0.0761. The Hall–Kier alpha value is -2.64. The average Bonchev–Trinajstić information content (AvgIpc) is 2.87. The predicted molar refractivity (Wildman–Crippen MR) is 98.1 cm³/mol. The zero-order chi connectivity index (χ0) is 17.6. The van der Waals surface area contributed by atoms with Crippen LogP contribution < -0.4 is 0 Å². The Labute approximate surface area is 149 Å². The minimum Gasteiger partial charge on any atom is -0.337 e. The van der Waals surface area contributed by atoms with Gasteiger partial charge in [-0.05, 0) is 37.1 Å². The molecule has 1 aliphatic rings. The number of amides is 1. The molecule has 2 aromatic rings. The molecular formula is C21H23N3O. The number of benzene rings is 2. The molecule has 1 aliphatic heterocycles. The van der Waals surface area contributed by atoms with Crippen LogP contribution in [-0.2, 0) is 6.54 Å². The molecule has 1 heterocycles. The van der Waals surface area contributed by atoms with Gasteiger partial charge in [0.2, 0.25) is 0 Å². The van der Waals surface area contributed by atoms with E-state index in [9.17, 15) is 10.1 Å². The van der Waals surface area contributed by atoms with Crippen molar-refractivity contribution in [2.45, 2.75) is 19.9 Å². The molecule has 0 spiro atoms. The Morgan fingerprint density at radius 2 is 1.92 bits per heavy atom. The molecule has 4 nitrogen and oxygen atoms in total. The van der Waals surface area contributed by atoms with Gasteiger partial charge in [0, 0.05) is 38.3 Å². The normalized spacial score (nSPS) is 15.4. The van der Waals surface area contributed by atoms with Crippen molar-refractivity contribution in [3.63, 3.8) is 0 Å². The number of hydrogen-bond donors (Lipinski definition) is 0. The van der Waals surface area contributed by atoms with E-state index in [1.807, 2.05) is 60.4 Å². The van der Waals surface area contributed by atoms with Crippen LogP contribution in [0, 0.1) is 18.3 Å². The summed E-state index contributed by atoms with van der Waals surface area (Å²) >= 11 is 0. The fraction of sp³-hybridized carbons (Fsp3) is 0.333. The molecular weight excluding hydrogens is 310 g/mol. The molecule has 128 valence electrons. The monoisotopic (exact) mass is 333 g/mol. The number of rotatable bonds is 3. The van der Waals surface area contributed by atoms with Crippen molar-refractivity contribution in [3.8, 4) is 6.07 Å². The largest absolute Gasteiger partial charge is 0.337 e.